The van der Waals surface area contributed by atoms with E-state index < -0.39 is 11.6 Å². The van der Waals surface area contributed by atoms with Crippen molar-refractivity contribution in [2.45, 2.75) is 12.0 Å². The maximum absolute atomic E-state index is 10.4. The third kappa shape index (κ3) is 16.8. The summed E-state index contributed by atoms with van der Waals surface area (Å²) >= 11 is 0. The summed E-state index contributed by atoms with van der Waals surface area (Å²) in [5.41, 5.74) is 2.43. The van der Waals surface area contributed by atoms with Crippen LogP contribution in [0, 0.1) is 0 Å². The Balaban J connectivity index is 1.13. The number of benzene rings is 3. The lowest BCUT2D eigenvalue weighted by atomic mass is 9.80. The van der Waals surface area contributed by atoms with Crippen molar-refractivity contribution in [1.82, 2.24) is 0 Å². The van der Waals surface area contributed by atoms with E-state index in [1.165, 1.54) is 0 Å². The molecule has 0 atom stereocenters. The van der Waals surface area contributed by atoms with E-state index in [0.717, 1.165) is 16.7 Å². The van der Waals surface area contributed by atoms with E-state index in [2.05, 4.69) is 36.4 Å². The van der Waals surface area contributed by atoms with Gasteiger partial charge in [-0.2, -0.15) is 0 Å². The summed E-state index contributed by atoms with van der Waals surface area (Å²) in [6.45, 7) is 7.48. The van der Waals surface area contributed by atoms with Crippen molar-refractivity contribution in [3.8, 4) is 0 Å². The Bertz CT molecular complexity index is 1100. The van der Waals surface area contributed by atoms with Gasteiger partial charge in [0.15, 0.2) is 0 Å². The summed E-state index contributed by atoms with van der Waals surface area (Å²) in [5.74, 6) is -0.874. The lowest BCUT2D eigenvalue weighted by molar-refractivity contribution is -0.138. The molecule has 0 aliphatic heterocycles. The Hall–Kier alpha value is -3.23. The second kappa shape index (κ2) is 26.6. The zero-order valence-electron chi connectivity index (χ0n) is 28.4. The molecule has 0 spiro atoms. The number of rotatable bonds is 31. The molecule has 1 N–H and O–H groups in total. The average molecular weight is 685 g/mol. The third-order valence-corrected chi connectivity index (χ3v) is 7.15. The van der Waals surface area contributed by atoms with Gasteiger partial charge in [-0.05, 0) is 16.7 Å². The predicted octanol–water partition coefficient (Wildman–Crippen LogP) is 4.60. The van der Waals surface area contributed by atoms with Crippen molar-refractivity contribution in [1.29, 1.82) is 0 Å². The molecular weight excluding hydrogens is 632 g/mol. The van der Waals surface area contributed by atoms with Crippen LogP contribution in [0.4, 0.5) is 0 Å². The molecule has 11 nitrogen and oxygen atoms in total. The maximum Gasteiger partial charge on any atom is 0.305 e. The summed E-state index contributed by atoms with van der Waals surface area (Å²) in [6, 6.07) is 30.9. The van der Waals surface area contributed by atoms with Gasteiger partial charge in [-0.1, -0.05) is 91.0 Å². The van der Waals surface area contributed by atoms with Crippen LogP contribution in [0.1, 0.15) is 23.1 Å². The Morgan fingerprint density at radius 3 is 0.898 bits per heavy atom. The van der Waals surface area contributed by atoms with Gasteiger partial charge in [0.1, 0.15) is 5.60 Å². The van der Waals surface area contributed by atoms with Crippen molar-refractivity contribution >= 4 is 5.97 Å². The Kier molecular flexibility index (Phi) is 21.8. The molecule has 0 saturated heterocycles. The van der Waals surface area contributed by atoms with E-state index in [-0.39, 0.29) is 13.0 Å². The maximum atomic E-state index is 10.4. The van der Waals surface area contributed by atoms with Crippen LogP contribution < -0.4 is 0 Å². The van der Waals surface area contributed by atoms with E-state index in [1.54, 1.807) is 0 Å². The Labute approximate surface area is 290 Å². The number of ether oxygens (including phenoxy) is 9. The molecule has 0 saturated carbocycles. The van der Waals surface area contributed by atoms with Crippen LogP contribution >= 0.6 is 0 Å². The number of carboxylic acid groups (broad SMARTS) is 1. The van der Waals surface area contributed by atoms with Crippen molar-refractivity contribution in [3.05, 3.63) is 108 Å². The fourth-order valence-electron chi connectivity index (χ4n) is 4.82. The van der Waals surface area contributed by atoms with Gasteiger partial charge in [-0.3, -0.25) is 4.79 Å². The second-order valence-electron chi connectivity index (χ2n) is 10.7. The first-order valence-electron chi connectivity index (χ1n) is 16.9. The summed E-state index contributed by atoms with van der Waals surface area (Å²) in [4.78, 5) is 10.4. The molecule has 270 valence electrons. The van der Waals surface area contributed by atoms with E-state index in [9.17, 15) is 4.79 Å². The third-order valence-electron chi connectivity index (χ3n) is 7.15. The van der Waals surface area contributed by atoms with Gasteiger partial charge in [-0.15, -0.1) is 0 Å². The monoisotopic (exact) mass is 684 g/mol. The topological polar surface area (TPSA) is 120 Å². The average Bonchev–Trinajstić information content (AvgIpc) is 3.14. The van der Waals surface area contributed by atoms with Crippen LogP contribution in [0.2, 0.25) is 0 Å². The van der Waals surface area contributed by atoms with E-state index in [1.807, 2.05) is 54.6 Å². The van der Waals surface area contributed by atoms with Gasteiger partial charge in [0.05, 0.1) is 119 Å². The Morgan fingerprint density at radius 1 is 0.388 bits per heavy atom. The van der Waals surface area contributed by atoms with Crippen LogP contribution in [0.25, 0.3) is 0 Å². The van der Waals surface area contributed by atoms with Gasteiger partial charge >= 0.3 is 5.97 Å². The minimum atomic E-state index is -0.874. The molecule has 0 aliphatic rings. The zero-order valence-corrected chi connectivity index (χ0v) is 28.4. The highest BCUT2D eigenvalue weighted by Gasteiger charge is 2.37. The second-order valence-corrected chi connectivity index (χ2v) is 10.7. The molecule has 0 amide bonds. The van der Waals surface area contributed by atoms with Crippen LogP contribution in [0.5, 0.6) is 0 Å². The number of carboxylic acids is 1. The van der Waals surface area contributed by atoms with E-state index in [0.29, 0.717) is 106 Å². The highest BCUT2D eigenvalue weighted by molar-refractivity contribution is 5.66. The first-order valence-corrected chi connectivity index (χ1v) is 16.9. The van der Waals surface area contributed by atoms with Crippen LogP contribution in [-0.2, 0) is 53.0 Å². The van der Waals surface area contributed by atoms with Crippen molar-refractivity contribution in [2.75, 3.05) is 112 Å². The molecule has 49 heavy (non-hydrogen) atoms. The standard InChI is InChI=1S/C38H52O11/c39-37(40)16-17-41-18-19-42-20-21-43-22-23-44-24-25-45-26-27-46-28-29-47-30-31-48-32-33-49-38(34-10-4-1-5-11-34,35-12-6-2-7-13-35)36-14-8-3-9-15-36/h1-15H,16-33H2,(H,39,40). The molecule has 0 aromatic heterocycles. The lowest BCUT2D eigenvalue weighted by Gasteiger charge is -2.36. The van der Waals surface area contributed by atoms with Gasteiger partial charge in [0.2, 0.25) is 0 Å². The molecule has 11 heteroatoms. The number of hydrogen-bond acceptors (Lipinski definition) is 10. The molecule has 0 radical (unpaired) electrons. The normalized spacial score (nSPS) is 11.6. The quantitative estimate of drug-likeness (QED) is 0.0757. The number of hydrogen-bond donors (Lipinski definition) is 1. The molecule has 3 rings (SSSR count). The van der Waals surface area contributed by atoms with Crippen LogP contribution in [-0.4, -0.2) is 123 Å². The van der Waals surface area contributed by atoms with Gasteiger partial charge in [0.25, 0.3) is 0 Å². The fourth-order valence-corrected chi connectivity index (χ4v) is 4.82. The van der Waals surface area contributed by atoms with Gasteiger partial charge in [0, 0.05) is 0 Å². The Morgan fingerprint density at radius 2 is 0.633 bits per heavy atom. The summed E-state index contributed by atoms with van der Waals surface area (Å²) in [5, 5.41) is 8.51. The van der Waals surface area contributed by atoms with Gasteiger partial charge < -0.3 is 47.7 Å². The van der Waals surface area contributed by atoms with Crippen molar-refractivity contribution < 1.29 is 52.5 Å². The minimum absolute atomic E-state index is 0.00314. The highest BCUT2D eigenvalue weighted by atomic mass is 16.6. The largest absolute Gasteiger partial charge is 0.481 e. The van der Waals surface area contributed by atoms with Crippen molar-refractivity contribution in [2.24, 2.45) is 0 Å². The first kappa shape index (κ1) is 40.2. The molecule has 3 aromatic carbocycles. The highest BCUT2D eigenvalue weighted by Crippen LogP contribution is 2.40. The minimum Gasteiger partial charge on any atom is -0.481 e. The molecular formula is C38H52O11. The number of aliphatic carboxylic acids is 1. The molecule has 0 unspecified atom stereocenters. The zero-order chi connectivity index (χ0) is 34.5. The van der Waals surface area contributed by atoms with Crippen molar-refractivity contribution in [3.63, 3.8) is 0 Å². The van der Waals surface area contributed by atoms with Crippen LogP contribution in [0.3, 0.4) is 0 Å². The molecule has 0 heterocycles. The van der Waals surface area contributed by atoms with Gasteiger partial charge in [-0.25, -0.2) is 0 Å². The lowest BCUT2D eigenvalue weighted by Crippen LogP contribution is -2.34. The summed E-state index contributed by atoms with van der Waals surface area (Å²) in [7, 11) is 0. The molecule has 3 aromatic rings. The van der Waals surface area contributed by atoms with E-state index in [4.69, 9.17) is 47.7 Å². The number of carbonyl (C=O) groups is 1. The SMILES string of the molecule is O=C(O)CCOCCOCCOCCOCCOCCOCCOCCOCCOC(c1ccccc1)(c1ccccc1)c1ccccc1. The summed E-state index contributed by atoms with van der Waals surface area (Å²) in [6.07, 6.45) is -0.00314. The fraction of sp³-hybridized carbons (Fsp3) is 0.500. The molecule has 0 aliphatic carbocycles. The smallest absolute Gasteiger partial charge is 0.305 e. The predicted molar refractivity (Wildman–Crippen MR) is 184 cm³/mol. The molecule has 0 fully saturated rings. The van der Waals surface area contributed by atoms with Crippen LogP contribution in [0.15, 0.2) is 91.0 Å². The first-order chi connectivity index (χ1) is 24.2. The molecule has 0 bridgehead atoms. The summed E-state index contributed by atoms with van der Waals surface area (Å²) < 4.78 is 50.6. The van der Waals surface area contributed by atoms with E-state index >= 15 is 0 Å².